The maximum atomic E-state index is 12.1. The highest BCUT2D eigenvalue weighted by Crippen LogP contribution is 2.19. The molecular formula is C22H39NO3. The highest BCUT2D eigenvalue weighted by Gasteiger charge is 2.27. The molecule has 0 radical (unpaired) electrons. The van der Waals surface area contributed by atoms with E-state index in [1.165, 1.54) is 63.9 Å². The zero-order valence-electron chi connectivity index (χ0n) is 16.8. The van der Waals surface area contributed by atoms with Crippen molar-refractivity contribution in [2.45, 2.75) is 90.4 Å². The van der Waals surface area contributed by atoms with Crippen molar-refractivity contribution in [2.24, 2.45) is 5.92 Å². The lowest BCUT2D eigenvalue weighted by Gasteiger charge is -2.30. The summed E-state index contributed by atoms with van der Waals surface area (Å²) in [4.78, 5) is 25.4. The molecule has 1 aliphatic rings. The van der Waals surface area contributed by atoms with Crippen LogP contribution in [-0.2, 0) is 14.3 Å². The van der Waals surface area contributed by atoms with Gasteiger partial charge in [-0.05, 0) is 25.3 Å². The van der Waals surface area contributed by atoms with Crippen molar-refractivity contribution in [2.75, 3.05) is 19.7 Å². The predicted molar refractivity (Wildman–Crippen MR) is 107 cm³/mol. The predicted octanol–water partition coefficient (Wildman–Crippen LogP) is 5.27. The normalized spacial score (nSPS) is 15.0. The summed E-state index contributed by atoms with van der Waals surface area (Å²) >= 11 is 0. The number of esters is 1. The molecule has 4 nitrogen and oxygen atoms in total. The maximum Gasteiger partial charge on any atom is 0.309 e. The number of hydrogen-bond donors (Lipinski definition) is 0. The first-order chi connectivity index (χ1) is 12.7. The fraction of sp³-hybridized carbons (Fsp3) is 0.818. The van der Waals surface area contributed by atoms with Gasteiger partial charge in [-0.1, -0.05) is 77.7 Å². The van der Waals surface area contributed by atoms with Gasteiger partial charge in [-0.3, -0.25) is 9.59 Å². The van der Waals surface area contributed by atoms with E-state index in [4.69, 9.17) is 4.74 Å². The minimum absolute atomic E-state index is 0.0437. The highest BCUT2D eigenvalue weighted by molar-refractivity contribution is 5.87. The van der Waals surface area contributed by atoms with E-state index < -0.39 is 0 Å². The molecule has 1 saturated heterocycles. The standard InChI is InChI=1S/C22H39NO3/c1-3-5-6-7-8-9-10-11-12-13-14-19-26-22(25)20-15-17-23(18-16-20)21(24)4-2/h4,20H,2-3,5-19H2,1H3. The molecule has 1 rings (SSSR count). The van der Waals surface area contributed by atoms with Crippen LogP contribution in [0, 0.1) is 5.92 Å². The number of hydrogen-bond acceptors (Lipinski definition) is 3. The largest absolute Gasteiger partial charge is 0.465 e. The molecule has 0 aromatic rings. The van der Waals surface area contributed by atoms with Gasteiger partial charge in [0.05, 0.1) is 12.5 Å². The zero-order valence-corrected chi connectivity index (χ0v) is 16.8. The van der Waals surface area contributed by atoms with E-state index in [0.29, 0.717) is 32.5 Å². The summed E-state index contributed by atoms with van der Waals surface area (Å²) in [6.45, 7) is 7.56. The summed E-state index contributed by atoms with van der Waals surface area (Å²) in [6, 6.07) is 0. The second-order valence-electron chi connectivity index (χ2n) is 7.51. The smallest absolute Gasteiger partial charge is 0.309 e. The molecule has 0 saturated carbocycles. The lowest BCUT2D eigenvalue weighted by molar-refractivity contribution is -0.151. The minimum Gasteiger partial charge on any atom is -0.465 e. The molecule has 0 bridgehead atoms. The van der Waals surface area contributed by atoms with Crippen LogP contribution in [0.4, 0.5) is 0 Å². The zero-order chi connectivity index (χ0) is 19.0. The third-order valence-electron chi connectivity index (χ3n) is 5.31. The monoisotopic (exact) mass is 365 g/mol. The van der Waals surface area contributed by atoms with Crippen molar-refractivity contribution >= 4 is 11.9 Å². The summed E-state index contributed by atoms with van der Waals surface area (Å²) in [5, 5.41) is 0. The van der Waals surface area contributed by atoms with Gasteiger partial charge in [0.25, 0.3) is 0 Å². The van der Waals surface area contributed by atoms with Crippen molar-refractivity contribution < 1.29 is 14.3 Å². The summed E-state index contributed by atoms with van der Waals surface area (Å²) in [5.74, 6) is -0.169. The summed E-state index contributed by atoms with van der Waals surface area (Å²) < 4.78 is 5.42. The fourth-order valence-electron chi connectivity index (χ4n) is 3.52. The van der Waals surface area contributed by atoms with E-state index in [0.717, 1.165) is 12.8 Å². The first kappa shape index (κ1) is 22.7. The van der Waals surface area contributed by atoms with Gasteiger partial charge in [0.1, 0.15) is 0 Å². The summed E-state index contributed by atoms with van der Waals surface area (Å²) in [6.07, 6.45) is 17.0. The van der Waals surface area contributed by atoms with E-state index in [1.807, 2.05) is 0 Å². The van der Waals surface area contributed by atoms with Crippen molar-refractivity contribution in [3.05, 3.63) is 12.7 Å². The third-order valence-corrected chi connectivity index (χ3v) is 5.31. The van der Waals surface area contributed by atoms with Gasteiger partial charge in [-0.2, -0.15) is 0 Å². The highest BCUT2D eigenvalue weighted by atomic mass is 16.5. The van der Waals surface area contributed by atoms with E-state index in [-0.39, 0.29) is 17.8 Å². The Labute approximate surface area is 160 Å². The van der Waals surface area contributed by atoms with Gasteiger partial charge >= 0.3 is 5.97 Å². The average molecular weight is 366 g/mol. The number of rotatable bonds is 14. The van der Waals surface area contributed by atoms with Gasteiger partial charge in [0.15, 0.2) is 0 Å². The van der Waals surface area contributed by atoms with Crippen LogP contribution in [0.5, 0.6) is 0 Å². The van der Waals surface area contributed by atoms with Crippen LogP contribution in [-0.4, -0.2) is 36.5 Å². The number of ether oxygens (including phenoxy) is 1. The fourth-order valence-corrected chi connectivity index (χ4v) is 3.52. The van der Waals surface area contributed by atoms with Crippen LogP contribution in [0.2, 0.25) is 0 Å². The van der Waals surface area contributed by atoms with Gasteiger partial charge < -0.3 is 9.64 Å². The second-order valence-corrected chi connectivity index (χ2v) is 7.51. The molecule has 0 unspecified atom stereocenters. The molecule has 1 aliphatic heterocycles. The first-order valence-corrected chi connectivity index (χ1v) is 10.8. The molecule has 1 amide bonds. The summed E-state index contributed by atoms with van der Waals surface area (Å²) in [7, 11) is 0. The number of carbonyl (C=O) groups is 2. The average Bonchev–Trinajstić information content (AvgIpc) is 2.68. The second kappa shape index (κ2) is 14.8. The number of carbonyl (C=O) groups excluding carboxylic acids is 2. The van der Waals surface area contributed by atoms with Crippen LogP contribution in [0.25, 0.3) is 0 Å². The number of likely N-dealkylation sites (tertiary alicyclic amines) is 1. The minimum atomic E-state index is -0.0808. The van der Waals surface area contributed by atoms with Crippen molar-refractivity contribution in [1.29, 1.82) is 0 Å². The number of piperidine rings is 1. The Bertz CT molecular complexity index is 400. The number of nitrogens with zero attached hydrogens (tertiary/aromatic N) is 1. The molecule has 0 aromatic carbocycles. The molecule has 26 heavy (non-hydrogen) atoms. The molecular weight excluding hydrogens is 326 g/mol. The van der Waals surface area contributed by atoms with E-state index >= 15 is 0 Å². The lowest BCUT2D eigenvalue weighted by Crippen LogP contribution is -2.39. The molecule has 150 valence electrons. The Kier molecular flexibility index (Phi) is 12.9. The van der Waals surface area contributed by atoms with Gasteiger partial charge in [0, 0.05) is 13.1 Å². The van der Waals surface area contributed by atoms with Crippen LogP contribution in [0.3, 0.4) is 0 Å². The Morgan fingerprint density at radius 3 is 1.92 bits per heavy atom. The molecule has 0 aliphatic carbocycles. The van der Waals surface area contributed by atoms with Gasteiger partial charge in [-0.25, -0.2) is 0 Å². The molecule has 0 N–H and O–H groups in total. The van der Waals surface area contributed by atoms with E-state index in [1.54, 1.807) is 4.90 Å². The number of amides is 1. The van der Waals surface area contributed by atoms with Gasteiger partial charge in [0.2, 0.25) is 5.91 Å². The van der Waals surface area contributed by atoms with Crippen molar-refractivity contribution in [3.63, 3.8) is 0 Å². The van der Waals surface area contributed by atoms with Gasteiger partial charge in [-0.15, -0.1) is 0 Å². The van der Waals surface area contributed by atoms with Crippen molar-refractivity contribution in [3.8, 4) is 0 Å². The topological polar surface area (TPSA) is 46.6 Å². The SMILES string of the molecule is C=CC(=O)N1CCC(C(=O)OCCCCCCCCCCCCC)CC1. The lowest BCUT2D eigenvalue weighted by atomic mass is 9.97. The molecule has 4 heteroatoms. The molecule has 1 heterocycles. The Morgan fingerprint density at radius 2 is 1.42 bits per heavy atom. The third kappa shape index (κ3) is 9.98. The molecule has 0 aromatic heterocycles. The van der Waals surface area contributed by atoms with Crippen LogP contribution in [0.1, 0.15) is 90.4 Å². The Hall–Kier alpha value is -1.32. The van der Waals surface area contributed by atoms with E-state index in [2.05, 4.69) is 13.5 Å². The van der Waals surface area contributed by atoms with Crippen LogP contribution in [0.15, 0.2) is 12.7 Å². The summed E-state index contributed by atoms with van der Waals surface area (Å²) in [5.41, 5.74) is 0. The Morgan fingerprint density at radius 1 is 0.923 bits per heavy atom. The first-order valence-electron chi connectivity index (χ1n) is 10.8. The molecule has 0 atom stereocenters. The molecule has 1 fully saturated rings. The molecule has 0 spiro atoms. The van der Waals surface area contributed by atoms with E-state index in [9.17, 15) is 9.59 Å². The quantitative estimate of drug-likeness (QED) is 0.239. The Balaban J connectivity index is 1.91. The number of unbranched alkanes of at least 4 members (excludes halogenated alkanes) is 10. The van der Waals surface area contributed by atoms with Crippen LogP contribution >= 0.6 is 0 Å². The van der Waals surface area contributed by atoms with Crippen molar-refractivity contribution in [1.82, 2.24) is 4.90 Å². The van der Waals surface area contributed by atoms with Crippen LogP contribution < -0.4 is 0 Å². The maximum absolute atomic E-state index is 12.1.